The highest BCUT2D eigenvalue weighted by atomic mass is 16.2. The Balaban J connectivity index is 2.36. The molecule has 0 radical (unpaired) electrons. The third-order valence-corrected chi connectivity index (χ3v) is 4.58. The molecule has 2 unspecified atom stereocenters. The van der Waals surface area contributed by atoms with E-state index in [1.165, 1.54) is 0 Å². The van der Waals surface area contributed by atoms with Gasteiger partial charge < -0.3 is 10.6 Å². The Labute approximate surface area is 128 Å². The van der Waals surface area contributed by atoms with Gasteiger partial charge in [-0.2, -0.15) is 0 Å². The van der Waals surface area contributed by atoms with E-state index in [1.807, 2.05) is 23.1 Å². The first-order chi connectivity index (χ1) is 9.86. The van der Waals surface area contributed by atoms with Gasteiger partial charge in [-0.1, -0.05) is 45.9 Å². The molecule has 0 bridgehead atoms. The number of carbonyl (C=O) groups is 1. The maximum absolute atomic E-state index is 13.1. The molecule has 21 heavy (non-hydrogen) atoms. The quantitative estimate of drug-likeness (QED) is 0.908. The maximum atomic E-state index is 13.1. The SMILES string of the molecule is CC1CCCN(C(=O)c2ccccc2C(C)(C)C)C1CN. The van der Waals surface area contributed by atoms with Crippen LogP contribution in [0.3, 0.4) is 0 Å². The minimum atomic E-state index is -0.0358. The zero-order valence-electron chi connectivity index (χ0n) is 13.7. The van der Waals surface area contributed by atoms with Crippen molar-refractivity contribution in [3.05, 3.63) is 35.4 Å². The van der Waals surface area contributed by atoms with Gasteiger partial charge in [-0.15, -0.1) is 0 Å². The highest BCUT2D eigenvalue weighted by Gasteiger charge is 2.33. The van der Waals surface area contributed by atoms with E-state index < -0.39 is 0 Å². The predicted molar refractivity (Wildman–Crippen MR) is 87.4 cm³/mol. The summed E-state index contributed by atoms with van der Waals surface area (Å²) in [6.07, 6.45) is 2.23. The first-order valence-electron chi connectivity index (χ1n) is 7.96. The summed E-state index contributed by atoms with van der Waals surface area (Å²) in [4.78, 5) is 15.1. The molecule has 0 aromatic heterocycles. The lowest BCUT2D eigenvalue weighted by Crippen LogP contribution is -2.51. The van der Waals surface area contributed by atoms with E-state index in [-0.39, 0.29) is 17.4 Å². The van der Waals surface area contributed by atoms with Crippen molar-refractivity contribution in [1.29, 1.82) is 0 Å². The first-order valence-corrected chi connectivity index (χ1v) is 7.96. The number of nitrogens with two attached hydrogens (primary N) is 1. The van der Waals surface area contributed by atoms with E-state index >= 15 is 0 Å². The fourth-order valence-electron chi connectivity index (χ4n) is 3.34. The van der Waals surface area contributed by atoms with Crippen LogP contribution in [0.4, 0.5) is 0 Å². The predicted octanol–water partition coefficient (Wildman–Crippen LogP) is 3.18. The summed E-state index contributed by atoms with van der Waals surface area (Å²) in [5, 5.41) is 0. The molecule has 1 aliphatic heterocycles. The van der Waals surface area contributed by atoms with Gasteiger partial charge in [0.2, 0.25) is 0 Å². The number of amides is 1. The monoisotopic (exact) mass is 288 g/mol. The first kappa shape index (κ1) is 16.0. The minimum Gasteiger partial charge on any atom is -0.334 e. The Hall–Kier alpha value is -1.35. The van der Waals surface area contributed by atoms with E-state index in [9.17, 15) is 4.79 Å². The lowest BCUT2D eigenvalue weighted by Gasteiger charge is -2.40. The molecule has 2 rings (SSSR count). The summed E-state index contributed by atoms with van der Waals surface area (Å²) >= 11 is 0. The molecule has 1 fully saturated rings. The molecule has 116 valence electrons. The topological polar surface area (TPSA) is 46.3 Å². The van der Waals surface area contributed by atoms with Crippen LogP contribution in [-0.4, -0.2) is 29.9 Å². The van der Waals surface area contributed by atoms with Gasteiger partial charge in [0.15, 0.2) is 0 Å². The van der Waals surface area contributed by atoms with Crippen molar-refractivity contribution in [1.82, 2.24) is 4.90 Å². The average molecular weight is 288 g/mol. The highest BCUT2D eigenvalue weighted by Crippen LogP contribution is 2.29. The molecule has 3 nitrogen and oxygen atoms in total. The number of likely N-dealkylation sites (tertiary alicyclic amines) is 1. The van der Waals surface area contributed by atoms with Gasteiger partial charge in [-0.3, -0.25) is 4.79 Å². The fraction of sp³-hybridized carbons (Fsp3) is 0.611. The van der Waals surface area contributed by atoms with E-state index in [0.717, 1.165) is 30.5 Å². The number of piperidine rings is 1. The smallest absolute Gasteiger partial charge is 0.254 e. The summed E-state index contributed by atoms with van der Waals surface area (Å²) in [5.74, 6) is 0.622. The third kappa shape index (κ3) is 3.29. The van der Waals surface area contributed by atoms with Crippen LogP contribution in [0.2, 0.25) is 0 Å². The summed E-state index contributed by atoms with van der Waals surface area (Å²) in [5.41, 5.74) is 7.84. The second-order valence-electron chi connectivity index (χ2n) is 7.22. The van der Waals surface area contributed by atoms with Crippen LogP contribution in [0, 0.1) is 5.92 Å². The molecule has 0 saturated carbocycles. The second-order valence-corrected chi connectivity index (χ2v) is 7.22. The zero-order valence-corrected chi connectivity index (χ0v) is 13.7. The van der Waals surface area contributed by atoms with Crippen LogP contribution in [0.5, 0.6) is 0 Å². The largest absolute Gasteiger partial charge is 0.334 e. The van der Waals surface area contributed by atoms with Gasteiger partial charge in [-0.25, -0.2) is 0 Å². The molecule has 0 aliphatic carbocycles. The normalized spacial score (nSPS) is 23.2. The summed E-state index contributed by atoms with van der Waals surface area (Å²) in [7, 11) is 0. The molecule has 1 saturated heterocycles. The molecule has 0 spiro atoms. The van der Waals surface area contributed by atoms with E-state index in [0.29, 0.717) is 12.5 Å². The van der Waals surface area contributed by atoms with Crippen LogP contribution >= 0.6 is 0 Å². The summed E-state index contributed by atoms with van der Waals surface area (Å²) in [6.45, 7) is 10.0. The van der Waals surface area contributed by atoms with Gasteiger partial charge in [0.05, 0.1) is 0 Å². The standard InChI is InChI=1S/C18H28N2O/c1-13-8-7-11-20(16(13)12-19)17(21)14-9-5-6-10-15(14)18(2,3)4/h5-6,9-10,13,16H,7-8,11-12,19H2,1-4H3. The second kappa shape index (κ2) is 6.18. The molecule has 2 atom stereocenters. The van der Waals surface area contributed by atoms with E-state index in [2.05, 4.69) is 33.8 Å². The molecule has 1 heterocycles. The number of hydrogen-bond acceptors (Lipinski definition) is 2. The van der Waals surface area contributed by atoms with Gasteiger partial charge in [0.1, 0.15) is 0 Å². The van der Waals surface area contributed by atoms with Crippen molar-refractivity contribution in [2.75, 3.05) is 13.1 Å². The zero-order chi connectivity index (χ0) is 15.6. The Morgan fingerprint density at radius 3 is 2.62 bits per heavy atom. The van der Waals surface area contributed by atoms with Gasteiger partial charge in [0.25, 0.3) is 5.91 Å². The van der Waals surface area contributed by atoms with Crippen LogP contribution < -0.4 is 5.73 Å². The van der Waals surface area contributed by atoms with Crippen LogP contribution in [-0.2, 0) is 5.41 Å². The molecule has 1 aromatic rings. The Kier molecular flexibility index (Phi) is 4.72. The summed E-state index contributed by atoms with van der Waals surface area (Å²) < 4.78 is 0. The minimum absolute atomic E-state index is 0.0358. The number of rotatable bonds is 2. The summed E-state index contributed by atoms with van der Waals surface area (Å²) in [6, 6.07) is 8.15. The Morgan fingerprint density at radius 2 is 2.00 bits per heavy atom. The lowest BCUT2D eigenvalue weighted by atomic mass is 9.82. The molecule has 1 amide bonds. The molecular formula is C18H28N2O. The van der Waals surface area contributed by atoms with Crippen molar-refractivity contribution < 1.29 is 4.79 Å². The Morgan fingerprint density at radius 1 is 1.33 bits per heavy atom. The van der Waals surface area contributed by atoms with Crippen LogP contribution in [0.1, 0.15) is 56.5 Å². The van der Waals surface area contributed by atoms with Crippen molar-refractivity contribution in [2.45, 2.75) is 52.0 Å². The molecule has 1 aliphatic rings. The van der Waals surface area contributed by atoms with Crippen molar-refractivity contribution in [2.24, 2.45) is 11.7 Å². The maximum Gasteiger partial charge on any atom is 0.254 e. The van der Waals surface area contributed by atoms with Crippen LogP contribution in [0.15, 0.2) is 24.3 Å². The van der Waals surface area contributed by atoms with E-state index in [1.54, 1.807) is 0 Å². The fourth-order valence-corrected chi connectivity index (χ4v) is 3.34. The molecule has 3 heteroatoms. The lowest BCUT2D eigenvalue weighted by molar-refractivity contribution is 0.0530. The highest BCUT2D eigenvalue weighted by molar-refractivity contribution is 5.96. The van der Waals surface area contributed by atoms with E-state index in [4.69, 9.17) is 5.73 Å². The van der Waals surface area contributed by atoms with Gasteiger partial charge in [0, 0.05) is 24.7 Å². The number of carbonyl (C=O) groups excluding carboxylic acids is 1. The van der Waals surface area contributed by atoms with Crippen molar-refractivity contribution in [3.63, 3.8) is 0 Å². The molecular weight excluding hydrogens is 260 g/mol. The molecule has 2 N–H and O–H groups in total. The number of nitrogens with zero attached hydrogens (tertiary/aromatic N) is 1. The van der Waals surface area contributed by atoms with Gasteiger partial charge in [-0.05, 0) is 35.8 Å². The van der Waals surface area contributed by atoms with Crippen molar-refractivity contribution >= 4 is 5.91 Å². The number of hydrogen-bond donors (Lipinski definition) is 1. The molecule has 1 aromatic carbocycles. The van der Waals surface area contributed by atoms with Crippen molar-refractivity contribution in [3.8, 4) is 0 Å². The third-order valence-electron chi connectivity index (χ3n) is 4.58. The Bertz CT molecular complexity index is 504. The number of benzene rings is 1. The van der Waals surface area contributed by atoms with Crippen LogP contribution in [0.25, 0.3) is 0 Å². The average Bonchev–Trinajstić information content (AvgIpc) is 2.45. The van der Waals surface area contributed by atoms with Gasteiger partial charge >= 0.3 is 0 Å².